The summed E-state index contributed by atoms with van der Waals surface area (Å²) in [6.45, 7) is 0. The van der Waals surface area contributed by atoms with Crippen molar-refractivity contribution >= 4 is 94.9 Å². The van der Waals surface area contributed by atoms with Crippen molar-refractivity contribution < 1.29 is 192 Å². The minimum absolute atomic E-state index is 0. The van der Waals surface area contributed by atoms with Gasteiger partial charge in [-0.15, -0.1) is 0 Å². The van der Waals surface area contributed by atoms with E-state index >= 15 is 0 Å². The predicted molar refractivity (Wildman–Crippen MR) is 70.1 cm³/mol. The third-order valence-corrected chi connectivity index (χ3v) is 0. The van der Waals surface area contributed by atoms with Gasteiger partial charge in [0.1, 0.15) is 0 Å². The van der Waals surface area contributed by atoms with Crippen LogP contribution in [0, 0.1) is 0 Å². The van der Waals surface area contributed by atoms with Crippen LogP contribution in [0.1, 0.15) is 7.13 Å². The number of hydrogen-bond donors (Lipinski definition) is 8. The van der Waals surface area contributed by atoms with Crippen LogP contribution in [0.25, 0.3) is 0 Å². The number of hydrogen-bond acceptors (Lipinski definition) is 8. The van der Waals surface area contributed by atoms with Crippen molar-refractivity contribution in [2.75, 3.05) is 0 Å². The van der Waals surface area contributed by atoms with Crippen LogP contribution in [0.15, 0.2) is 0 Å². The van der Waals surface area contributed by atoms with Crippen molar-refractivity contribution in [2.45, 2.75) is 0 Å². The normalized spacial score (nSPS) is 2.29. The Bertz CT molecular complexity index is 51.0. The second-order valence-electron chi connectivity index (χ2n) is 0. The van der Waals surface area contributed by atoms with E-state index < -0.39 is 0 Å². The molecule has 0 aliphatic heterocycles. The Morgan fingerprint density at radius 2 is 0.238 bits per heavy atom. The Morgan fingerprint density at radius 3 is 0.238 bits per heavy atom. The Morgan fingerprint density at radius 1 is 0.238 bits per heavy atom. The maximum Gasteiger partial charge on any atom is 1.00 e. The largest absolute Gasteiger partial charge is 1.00 e. The van der Waals surface area contributed by atoms with E-state index in [9.17, 15) is 0 Å². The Kier molecular flexibility index (Phi) is 1610. The van der Waals surface area contributed by atoms with E-state index in [1.165, 1.54) is 0 Å². The van der Waals surface area contributed by atoms with Crippen LogP contribution in [0.5, 0.6) is 0 Å². The van der Waals surface area contributed by atoms with Gasteiger partial charge in [0.05, 0.1) is 94.9 Å². The van der Waals surface area contributed by atoms with Crippen LogP contribution in [0.3, 0.4) is 0 Å². The molecular formula is H13Cl8Na5O8. The zero-order chi connectivity index (χ0) is 16.0. The summed E-state index contributed by atoms with van der Waals surface area (Å²) in [5.41, 5.74) is 0. The van der Waals surface area contributed by atoms with Gasteiger partial charge in [-0.3, -0.25) is 37.3 Å². The molecule has 0 unspecified atom stereocenters. The van der Waals surface area contributed by atoms with Gasteiger partial charge in [-0.1, -0.05) is 0 Å². The molecule has 0 aromatic heterocycles. The first-order valence-electron chi connectivity index (χ1n) is 1.35. The third kappa shape index (κ3) is 344. The molecule has 0 saturated heterocycles. The van der Waals surface area contributed by atoms with Crippen molar-refractivity contribution in [3.05, 3.63) is 0 Å². The molecular weight excluding hydrogens is 527 g/mol. The molecule has 0 aliphatic carbocycles. The van der Waals surface area contributed by atoms with Crippen LogP contribution in [-0.2, 0) is 0 Å². The summed E-state index contributed by atoms with van der Waals surface area (Å²) in [5, 5.41) is 0. The molecule has 0 saturated carbocycles. The van der Waals surface area contributed by atoms with Gasteiger partial charge in [0.25, 0.3) is 0 Å². The van der Waals surface area contributed by atoms with Crippen LogP contribution < -0.4 is 148 Å². The summed E-state index contributed by atoms with van der Waals surface area (Å²) < 4.78 is 51.8. The first-order chi connectivity index (χ1) is 8.00. The third-order valence-electron chi connectivity index (χ3n) is 0. The van der Waals surface area contributed by atoms with E-state index in [4.69, 9.17) is 37.3 Å². The maximum absolute atomic E-state index is 6.47. The molecule has 0 atom stereocenters. The molecule has 0 fully saturated rings. The van der Waals surface area contributed by atoms with Gasteiger partial charge in [-0.05, 0) is 0 Å². The summed E-state index contributed by atoms with van der Waals surface area (Å²) in [6, 6.07) is 0. The number of rotatable bonds is 0. The van der Waals surface area contributed by atoms with Crippen LogP contribution in [0.4, 0.5) is 0 Å². The van der Waals surface area contributed by atoms with Gasteiger partial charge in [0.15, 0.2) is 0 Å². The van der Waals surface area contributed by atoms with Crippen molar-refractivity contribution in [1.29, 1.82) is 0 Å². The minimum atomic E-state index is 0. The fourth-order valence-electron chi connectivity index (χ4n) is 0. The van der Waals surface area contributed by atoms with Crippen LogP contribution in [0.2, 0.25) is 0 Å². The van der Waals surface area contributed by atoms with Crippen LogP contribution in [-0.4, -0.2) is 37.3 Å². The zero-order valence-electron chi connectivity index (χ0n) is 16.6. The molecule has 0 heterocycles. The summed E-state index contributed by atoms with van der Waals surface area (Å²) >= 11 is 29.1. The van der Waals surface area contributed by atoms with Gasteiger partial charge in [-0.2, -0.15) is 0 Å². The van der Waals surface area contributed by atoms with Gasteiger partial charge >= 0.3 is 148 Å². The van der Waals surface area contributed by atoms with Crippen molar-refractivity contribution in [3.8, 4) is 0 Å². The summed E-state index contributed by atoms with van der Waals surface area (Å²) in [4.78, 5) is 0. The minimum Gasteiger partial charge on any atom is -1.00 e. The summed E-state index contributed by atoms with van der Waals surface area (Å²) in [6.07, 6.45) is 0. The Balaban J connectivity index is -0.00000000167. The van der Waals surface area contributed by atoms with Gasteiger partial charge in [-0.25, -0.2) is 0 Å². The summed E-state index contributed by atoms with van der Waals surface area (Å²) in [5.74, 6) is 0. The van der Waals surface area contributed by atoms with E-state index in [2.05, 4.69) is 94.9 Å². The predicted octanol–water partition coefficient (Wildman–Crippen LogP) is -13.4. The average Bonchev–Trinajstić information content (AvgIpc) is 2.54. The molecule has 0 amide bonds. The molecule has 0 rings (SSSR count). The van der Waals surface area contributed by atoms with Crippen molar-refractivity contribution in [2.24, 2.45) is 0 Å². The second kappa shape index (κ2) is 372. The standard InChI is InChI=1S/8ClHO.5Na.5H/c8*1-2;;;;;;;;;;/h8*2H;;;;;;;;;;/q;;;;;;;;5*+1;5*-1. The van der Waals surface area contributed by atoms with E-state index in [1.807, 2.05) is 0 Å². The van der Waals surface area contributed by atoms with Gasteiger partial charge < -0.3 is 7.13 Å². The first-order valence-corrected chi connectivity index (χ1v) is 4.06. The van der Waals surface area contributed by atoms with Crippen LogP contribution >= 0.6 is 94.9 Å². The molecule has 0 aromatic rings. The molecule has 8 N–H and O–H groups in total. The van der Waals surface area contributed by atoms with Gasteiger partial charge in [0, 0.05) is 0 Å². The fourth-order valence-corrected chi connectivity index (χ4v) is 0. The topological polar surface area (TPSA) is 162 Å². The molecule has 0 aromatic carbocycles. The molecule has 0 bridgehead atoms. The molecule has 0 spiro atoms. The van der Waals surface area contributed by atoms with E-state index in [0.29, 0.717) is 0 Å². The zero-order valence-corrected chi connectivity index (χ0v) is 27.6. The molecule has 8 nitrogen and oxygen atoms in total. The SMILES string of the molecule is OCl.OCl.OCl.OCl.OCl.OCl.OCl.OCl.[H-].[H-].[H-].[H-].[H-].[Na+].[Na+].[Na+].[Na+].[Na+]. The van der Waals surface area contributed by atoms with E-state index in [-0.39, 0.29) is 155 Å². The van der Waals surface area contributed by atoms with E-state index in [1.54, 1.807) is 0 Å². The molecule has 0 radical (unpaired) electrons. The van der Waals surface area contributed by atoms with E-state index in [0.717, 1.165) is 0 Å². The average molecular weight is 540 g/mol. The van der Waals surface area contributed by atoms with Gasteiger partial charge in [0.2, 0.25) is 0 Å². The number of halogens is 8. The monoisotopic (exact) mass is 536 g/mol. The fraction of sp³-hybridized carbons (Fsp3) is 0. The summed E-state index contributed by atoms with van der Waals surface area (Å²) in [7, 11) is 0. The Hall–Kier alpha value is 7.00. The Labute approximate surface area is 281 Å². The smallest absolute Gasteiger partial charge is 1.00 e. The molecule has 21 heavy (non-hydrogen) atoms. The quantitative estimate of drug-likeness (QED) is 0.141. The maximum atomic E-state index is 6.47. The van der Waals surface area contributed by atoms with Crippen molar-refractivity contribution in [3.63, 3.8) is 0 Å². The second-order valence-corrected chi connectivity index (χ2v) is 0. The first kappa shape index (κ1) is 90.7. The molecule has 0 aliphatic rings. The molecule has 21 heteroatoms. The molecule has 122 valence electrons. The van der Waals surface area contributed by atoms with Crippen molar-refractivity contribution in [1.82, 2.24) is 0 Å².